The number of carbonyl (C=O) groups excluding carboxylic acids is 1. The largest absolute Gasteiger partial charge is 0.492 e. The Bertz CT molecular complexity index is 418. The first-order chi connectivity index (χ1) is 8.91. The highest BCUT2D eigenvalue weighted by molar-refractivity contribution is 5.80. The van der Waals surface area contributed by atoms with Gasteiger partial charge in [-0.3, -0.25) is 9.69 Å². The van der Waals surface area contributed by atoms with Gasteiger partial charge in [-0.25, -0.2) is 0 Å². The van der Waals surface area contributed by atoms with Gasteiger partial charge in [0.25, 0.3) is 0 Å². The Labute approximate surface area is 116 Å². The lowest BCUT2D eigenvalue weighted by molar-refractivity contribution is -0.133. The van der Waals surface area contributed by atoms with Crippen molar-refractivity contribution in [3.05, 3.63) is 29.8 Å². The number of carbonyl (C=O) groups is 1. The highest BCUT2D eigenvalue weighted by Gasteiger charge is 2.19. The monoisotopic (exact) mass is 264 g/mol. The molecule has 0 aliphatic heterocycles. The molecule has 4 heteroatoms. The molecule has 0 aliphatic rings. The van der Waals surface area contributed by atoms with E-state index in [1.165, 1.54) is 5.56 Å². The fourth-order valence-electron chi connectivity index (χ4n) is 1.77. The minimum Gasteiger partial charge on any atom is -0.492 e. The molecule has 1 aromatic carbocycles. The van der Waals surface area contributed by atoms with Crippen molar-refractivity contribution in [2.45, 2.75) is 19.9 Å². The third kappa shape index (κ3) is 4.91. The normalized spacial score (nSPS) is 12.3. The molecule has 0 bridgehead atoms. The van der Waals surface area contributed by atoms with Gasteiger partial charge in [-0.15, -0.1) is 0 Å². The summed E-state index contributed by atoms with van der Waals surface area (Å²) < 4.78 is 5.68. The van der Waals surface area contributed by atoms with Crippen molar-refractivity contribution in [1.82, 2.24) is 9.80 Å². The highest BCUT2D eigenvalue weighted by Crippen LogP contribution is 2.12. The van der Waals surface area contributed by atoms with Gasteiger partial charge >= 0.3 is 0 Å². The van der Waals surface area contributed by atoms with Crippen molar-refractivity contribution in [1.29, 1.82) is 0 Å². The third-order valence-corrected chi connectivity index (χ3v) is 3.16. The number of ether oxygens (including phenoxy) is 1. The number of likely N-dealkylation sites (N-methyl/N-ethyl adjacent to an activating group) is 2. The van der Waals surface area contributed by atoms with E-state index in [-0.39, 0.29) is 11.9 Å². The van der Waals surface area contributed by atoms with E-state index in [4.69, 9.17) is 4.74 Å². The molecule has 0 saturated heterocycles. The van der Waals surface area contributed by atoms with Crippen molar-refractivity contribution >= 4 is 5.91 Å². The standard InChI is InChI=1S/C15H24N2O2/c1-12-7-6-8-14(11-12)19-10-9-17(5)13(2)15(18)16(3)4/h6-8,11,13H,9-10H2,1-5H3. The third-order valence-electron chi connectivity index (χ3n) is 3.16. The Hall–Kier alpha value is -1.55. The lowest BCUT2D eigenvalue weighted by Crippen LogP contribution is -2.44. The number of hydrogen-bond donors (Lipinski definition) is 0. The van der Waals surface area contributed by atoms with E-state index >= 15 is 0 Å². The quantitative estimate of drug-likeness (QED) is 0.785. The number of aryl methyl sites for hydroxylation is 1. The van der Waals surface area contributed by atoms with Crippen LogP contribution in [-0.4, -0.2) is 56.0 Å². The van der Waals surface area contributed by atoms with Crippen LogP contribution in [0.1, 0.15) is 12.5 Å². The number of amides is 1. The molecule has 0 aliphatic carbocycles. The summed E-state index contributed by atoms with van der Waals surface area (Å²) >= 11 is 0. The first-order valence-corrected chi connectivity index (χ1v) is 6.52. The second kappa shape index (κ2) is 7.14. The van der Waals surface area contributed by atoms with E-state index in [1.807, 2.05) is 50.1 Å². The Morgan fingerprint density at radius 1 is 1.32 bits per heavy atom. The van der Waals surface area contributed by atoms with Gasteiger partial charge < -0.3 is 9.64 Å². The van der Waals surface area contributed by atoms with E-state index in [2.05, 4.69) is 0 Å². The topological polar surface area (TPSA) is 32.8 Å². The zero-order valence-electron chi connectivity index (χ0n) is 12.5. The Kier molecular flexibility index (Phi) is 5.83. The zero-order valence-corrected chi connectivity index (χ0v) is 12.5. The van der Waals surface area contributed by atoms with E-state index in [0.717, 1.165) is 5.75 Å². The molecule has 106 valence electrons. The Balaban J connectivity index is 2.38. The summed E-state index contributed by atoms with van der Waals surface area (Å²) in [4.78, 5) is 15.4. The minimum absolute atomic E-state index is 0.109. The van der Waals surface area contributed by atoms with Gasteiger partial charge in [-0.1, -0.05) is 12.1 Å². The second-order valence-corrected chi connectivity index (χ2v) is 5.05. The summed E-state index contributed by atoms with van der Waals surface area (Å²) in [6, 6.07) is 7.84. The minimum atomic E-state index is -0.129. The van der Waals surface area contributed by atoms with Crippen molar-refractivity contribution in [2.24, 2.45) is 0 Å². The number of rotatable bonds is 6. The maximum atomic E-state index is 11.8. The van der Waals surface area contributed by atoms with E-state index < -0.39 is 0 Å². The summed E-state index contributed by atoms with van der Waals surface area (Å²) in [5.74, 6) is 0.984. The van der Waals surface area contributed by atoms with Crippen molar-refractivity contribution < 1.29 is 9.53 Å². The smallest absolute Gasteiger partial charge is 0.239 e. The SMILES string of the molecule is Cc1cccc(OCCN(C)C(C)C(=O)N(C)C)c1. The summed E-state index contributed by atoms with van der Waals surface area (Å²) in [7, 11) is 5.48. The van der Waals surface area contributed by atoms with Crippen LogP contribution in [0.2, 0.25) is 0 Å². The molecule has 19 heavy (non-hydrogen) atoms. The van der Waals surface area contributed by atoms with E-state index in [0.29, 0.717) is 13.2 Å². The van der Waals surface area contributed by atoms with Crippen molar-refractivity contribution in [3.8, 4) is 5.75 Å². The van der Waals surface area contributed by atoms with Gasteiger partial charge in [0.15, 0.2) is 0 Å². The lowest BCUT2D eigenvalue weighted by Gasteiger charge is -2.26. The molecule has 4 nitrogen and oxygen atoms in total. The molecule has 1 rings (SSSR count). The maximum Gasteiger partial charge on any atom is 0.239 e. The van der Waals surface area contributed by atoms with Crippen LogP contribution < -0.4 is 4.74 Å². The fraction of sp³-hybridized carbons (Fsp3) is 0.533. The summed E-state index contributed by atoms with van der Waals surface area (Å²) in [6.07, 6.45) is 0. The number of hydrogen-bond acceptors (Lipinski definition) is 3. The van der Waals surface area contributed by atoms with Crippen LogP contribution in [0, 0.1) is 6.92 Å². The average molecular weight is 264 g/mol. The fourth-order valence-corrected chi connectivity index (χ4v) is 1.77. The summed E-state index contributed by atoms with van der Waals surface area (Å²) in [5.41, 5.74) is 1.18. The van der Waals surface area contributed by atoms with Crippen LogP contribution in [-0.2, 0) is 4.79 Å². The molecule has 1 unspecified atom stereocenters. The number of benzene rings is 1. The van der Waals surface area contributed by atoms with Crippen LogP contribution in [0.5, 0.6) is 5.75 Å². The van der Waals surface area contributed by atoms with Gasteiger partial charge in [0.1, 0.15) is 12.4 Å². The van der Waals surface area contributed by atoms with Crippen LogP contribution in [0.15, 0.2) is 24.3 Å². The molecule has 0 aromatic heterocycles. The molecule has 0 heterocycles. The first kappa shape index (κ1) is 15.5. The van der Waals surface area contributed by atoms with E-state index in [1.54, 1.807) is 19.0 Å². The van der Waals surface area contributed by atoms with Gasteiger partial charge in [-0.05, 0) is 38.6 Å². The van der Waals surface area contributed by atoms with Crippen LogP contribution in [0.4, 0.5) is 0 Å². The van der Waals surface area contributed by atoms with Crippen LogP contribution >= 0.6 is 0 Å². The second-order valence-electron chi connectivity index (χ2n) is 5.05. The molecular weight excluding hydrogens is 240 g/mol. The van der Waals surface area contributed by atoms with Gasteiger partial charge in [0, 0.05) is 20.6 Å². The summed E-state index contributed by atoms with van der Waals surface area (Å²) in [5, 5.41) is 0. The molecule has 0 fully saturated rings. The predicted octanol–water partition coefficient (Wildman–Crippen LogP) is 1.78. The van der Waals surface area contributed by atoms with Crippen LogP contribution in [0.25, 0.3) is 0 Å². The molecule has 0 saturated carbocycles. The number of nitrogens with zero attached hydrogens (tertiary/aromatic N) is 2. The van der Waals surface area contributed by atoms with Gasteiger partial charge in [-0.2, -0.15) is 0 Å². The first-order valence-electron chi connectivity index (χ1n) is 6.52. The molecule has 0 spiro atoms. The molecular formula is C15H24N2O2. The Morgan fingerprint density at radius 3 is 2.58 bits per heavy atom. The van der Waals surface area contributed by atoms with E-state index in [9.17, 15) is 4.79 Å². The van der Waals surface area contributed by atoms with Gasteiger partial charge in [0.05, 0.1) is 6.04 Å². The highest BCUT2D eigenvalue weighted by atomic mass is 16.5. The molecule has 1 amide bonds. The van der Waals surface area contributed by atoms with Gasteiger partial charge in [0.2, 0.25) is 5.91 Å². The molecule has 1 aromatic rings. The Morgan fingerprint density at radius 2 is 2.00 bits per heavy atom. The molecule has 0 radical (unpaired) electrons. The molecule has 0 N–H and O–H groups in total. The molecule has 1 atom stereocenters. The average Bonchev–Trinajstić information content (AvgIpc) is 2.36. The lowest BCUT2D eigenvalue weighted by atomic mass is 10.2. The van der Waals surface area contributed by atoms with Crippen LogP contribution in [0.3, 0.4) is 0 Å². The van der Waals surface area contributed by atoms with Crippen molar-refractivity contribution in [3.63, 3.8) is 0 Å². The predicted molar refractivity (Wildman–Crippen MR) is 77.5 cm³/mol. The van der Waals surface area contributed by atoms with Crippen molar-refractivity contribution in [2.75, 3.05) is 34.3 Å². The summed E-state index contributed by atoms with van der Waals surface area (Å²) in [6.45, 7) is 5.24. The zero-order chi connectivity index (χ0) is 14.4. The maximum absolute atomic E-state index is 11.8.